The van der Waals surface area contributed by atoms with Crippen LogP contribution in [0.4, 0.5) is 10.5 Å². The normalized spacial score (nSPS) is 14.3. The van der Waals surface area contributed by atoms with Crippen molar-refractivity contribution in [3.05, 3.63) is 129 Å². The number of amides is 4. The maximum absolute atomic E-state index is 13.3. The maximum atomic E-state index is 13.3. The predicted molar refractivity (Wildman–Crippen MR) is 156 cm³/mol. The number of hydrogen-bond donors (Lipinski definition) is 1. The summed E-state index contributed by atoms with van der Waals surface area (Å²) in [6.07, 6.45) is 1.45. The van der Waals surface area contributed by atoms with E-state index in [2.05, 4.69) is 21.2 Å². The minimum atomic E-state index is -0.814. The first-order valence-electron chi connectivity index (χ1n) is 12.5. The quantitative estimate of drug-likeness (QED) is 0.183. The van der Waals surface area contributed by atoms with Crippen LogP contribution in [0.3, 0.4) is 0 Å². The molecule has 0 saturated carbocycles. The lowest BCUT2D eigenvalue weighted by atomic mass is 10.1. The van der Waals surface area contributed by atoms with Crippen LogP contribution in [-0.2, 0) is 22.8 Å². The molecule has 0 aromatic heterocycles. The lowest BCUT2D eigenvalue weighted by molar-refractivity contribution is -0.122. The summed E-state index contributed by atoms with van der Waals surface area (Å²) in [6.45, 7) is 2.80. The SMILES string of the molecule is Cc1ccc(COc2ccc(N3C(=O)NC(=O)/C(=C\c4ccc(OCc5ccccc5)c(Br)c4)C3=O)cc2)cc1. The molecule has 0 atom stereocenters. The second kappa shape index (κ2) is 12.0. The summed E-state index contributed by atoms with van der Waals surface area (Å²) in [7, 11) is 0. The first kappa shape index (κ1) is 26.9. The standard InChI is InChI=1S/C32H25BrN2O5/c1-21-7-9-23(10-8-21)19-39-26-14-12-25(13-15-26)35-31(37)27(30(36)34-32(35)38)17-24-11-16-29(28(33)18-24)40-20-22-5-3-2-4-6-22/h2-18H,19-20H2,1H3,(H,34,36,38)/b27-17+. The highest BCUT2D eigenvalue weighted by atomic mass is 79.9. The summed E-state index contributed by atoms with van der Waals surface area (Å²) >= 11 is 3.50. The zero-order chi connectivity index (χ0) is 28.1. The van der Waals surface area contributed by atoms with Crippen molar-refractivity contribution in [2.75, 3.05) is 4.90 Å². The van der Waals surface area contributed by atoms with Crippen molar-refractivity contribution in [1.29, 1.82) is 0 Å². The highest BCUT2D eigenvalue weighted by Crippen LogP contribution is 2.29. The van der Waals surface area contributed by atoms with Gasteiger partial charge >= 0.3 is 6.03 Å². The zero-order valence-corrected chi connectivity index (χ0v) is 23.2. The van der Waals surface area contributed by atoms with Crippen molar-refractivity contribution in [3.8, 4) is 11.5 Å². The number of carbonyl (C=O) groups is 3. The van der Waals surface area contributed by atoms with Crippen molar-refractivity contribution in [2.45, 2.75) is 20.1 Å². The molecule has 5 rings (SSSR count). The van der Waals surface area contributed by atoms with E-state index in [-0.39, 0.29) is 5.57 Å². The summed E-state index contributed by atoms with van der Waals surface area (Å²) in [5.74, 6) is -0.278. The number of anilines is 1. The van der Waals surface area contributed by atoms with Gasteiger partial charge in [0.1, 0.15) is 30.3 Å². The van der Waals surface area contributed by atoms with Crippen LogP contribution < -0.4 is 19.7 Å². The first-order valence-corrected chi connectivity index (χ1v) is 13.3. The molecule has 200 valence electrons. The molecule has 0 bridgehead atoms. The van der Waals surface area contributed by atoms with Crippen molar-refractivity contribution < 1.29 is 23.9 Å². The molecule has 4 aromatic rings. The molecule has 1 saturated heterocycles. The molecular formula is C32H25BrN2O5. The van der Waals surface area contributed by atoms with Gasteiger partial charge in [-0.2, -0.15) is 0 Å². The van der Waals surface area contributed by atoms with Crippen LogP contribution in [0.1, 0.15) is 22.3 Å². The number of urea groups is 1. The minimum absolute atomic E-state index is 0.163. The third-order valence-electron chi connectivity index (χ3n) is 6.23. The number of aryl methyl sites for hydroxylation is 1. The van der Waals surface area contributed by atoms with Crippen molar-refractivity contribution in [1.82, 2.24) is 5.32 Å². The molecule has 0 unspecified atom stereocenters. The molecule has 40 heavy (non-hydrogen) atoms. The number of imide groups is 2. The van der Waals surface area contributed by atoms with E-state index in [0.717, 1.165) is 16.0 Å². The van der Waals surface area contributed by atoms with E-state index in [1.165, 1.54) is 11.6 Å². The average molecular weight is 597 g/mol. The molecule has 8 heteroatoms. The second-order valence-electron chi connectivity index (χ2n) is 9.19. The third kappa shape index (κ3) is 6.30. The van der Waals surface area contributed by atoms with E-state index in [4.69, 9.17) is 9.47 Å². The summed E-state index contributed by atoms with van der Waals surface area (Å²) < 4.78 is 12.4. The van der Waals surface area contributed by atoms with Crippen LogP contribution in [-0.4, -0.2) is 17.8 Å². The van der Waals surface area contributed by atoms with Gasteiger partial charge in [0.25, 0.3) is 11.8 Å². The highest BCUT2D eigenvalue weighted by molar-refractivity contribution is 9.10. The van der Waals surface area contributed by atoms with Crippen LogP contribution in [0, 0.1) is 6.92 Å². The van der Waals surface area contributed by atoms with Gasteiger partial charge in [-0.05, 0) is 82.0 Å². The Kier molecular flexibility index (Phi) is 8.07. The Morgan fingerprint density at radius 1 is 0.800 bits per heavy atom. The Morgan fingerprint density at radius 2 is 1.48 bits per heavy atom. The smallest absolute Gasteiger partial charge is 0.335 e. The van der Waals surface area contributed by atoms with Gasteiger partial charge in [-0.25, -0.2) is 9.69 Å². The Morgan fingerprint density at radius 3 is 2.17 bits per heavy atom. The Hall–Kier alpha value is -4.69. The molecule has 1 N–H and O–H groups in total. The van der Waals surface area contributed by atoms with Crippen LogP contribution in [0.15, 0.2) is 107 Å². The predicted octanol–water partition coefficient (Wildman–Crippen LogP) is 6.58. The van der Waals surface area contributed by atoms with Crippen LogP contribution in [0.25, 0.3) is 6.08 Å². The molecular weight excluding hydrogens is 572 g/mol. The van der Waals surface area contributed by atoms with Crippen molar-refractivity contribution in [2.24, 2.45) is 0 Å². The van der Waals surface area contributed by atoms with Crippen molar-refractivity contribution >= 4 is 45.5 Å². The minimum Gasteiger partial charge on any atom is -0.489 e. The zero-order valence-electron chi connectivity index (χ0n) is 21.6. The van der Waals surface area contributed by atoms with Gasteiger partial charge in [0, 0.05) is 0 Å². The fourth-order valence-electron chi connectivity index (χ4n) is 4.06. The number of rotatable bonds is 8. The largest absolute Gasteiger partial charge is 0.489 e. The van der Waals surface area contributed by atoms with Gasteiger partial charge in [0.15, 0.2) is 0 Å². The molecule has 1 heterocycles. The molecule has 1 fully saturated rings. The lowest BCUT2D eigenvalue weighted by Gasteiger charge is -2.26. The summed E-state index contributed by atoms with van der Waals surface area (Å²) in [5.41, 5.74) is 3.96. The fourth-order valence-corrected chi connectivity index (χ4v) is 4.57. The molecule has 4 aromatic carbocycles. The number of halogens is 1. The molecule has 0 radical (unpaired) electrons. The third-order valence-corrected chi connectivity index (χ3v) is 6.85. The van der Waals surface area contributed by atoms with Crippen molar-refractivity contribution in [3.63, 3.8) is 0 Å². The number of carbonyl (C=O) groups excluding carboxylic acids is 3. The van der Waals surface area contributed by atoms with E-state index in [1.54, 1.807) is 42.5 Å². The summed E-state index contributed by atoms with van der Waals surface area (Å²) in [6, 6.07) is 28.8. The number of barbiturate groups is 1. The molecule has 1 aliphatic rings. The van der Waals surface area contributed by atoms with E-state index < -0.39 is 17.8 Å². The number of benzene rings is 4. The first-order chi connectivity index (χ1) is 19.4. The molecule has 0 spiro atoms. The van der Waals surface area contributed by atoms with E-state index in [9.17, 15) is 14.4 Å². The number of ether oxygens (including phenoxy) is 2. The molecule has 0 aliphatic carbocycles. The monoisotopic (exact) mass is 596 g/mol. The fraction of sp³-hybridized carbons (Fsp3) is 0.0938. The molecule has 4 amide bonds. The Bertz CT molecular complexity index is 1580. The van der Waals surface area contributed by atoms with Gasteiger partial charge in [-0.15, -0.1) is 0 Å². The number of nitrogens with zero attached hydrogens (tertiary/aromatic N) is 1. The van der Waals surface area contributed by atoms with Crippen LogP contribution in [0.5, 0.6) is 11.5 Å². The van der Waals surface area contributed by atoms with E-state index in [0.29, 0.717) is 40.4 Å². The molecule has 1 aliphatic heterocycles. The van der Waals surface area contributed by atoms with E-state index >= 15 is 0 Å². The van der Waals surface area contributed by atoms with Gasteiger partial charge in [0.05, 0.1) is 10.2 Å². The van der Waals surface area contributed by atoms with Crippen LogP contribution >= 0.6 is 15.9 Å². The number of nitrogens with one attached hydrogen (secondary N) is 1. The summed E-state index contributed by atoms with van der Waals surface area (Å²) in [5, 5.41) is 2.25. The van der Waals surface area contributed by atoms with Gasteiger partial charge in [-0.1, -0.05) is 66.2 Å². The van der Waals surface area contributed by atoms with Gasteiger partial charge in [-0.3, -0.25) is 14.9 Å². The topological polar surface area (TPSA) is 84.9 Å². The van der Waals surface area contributed by atoms with Crippen LogP contribution in [0.2, 0.25) is 0 Å². The van der Waals surface area contributed by atoms with Gasteiger partial charge < -0.3 is 9.47 Å². The highest BCUT2D eigenvalue weighted by Gasteiger charge is 2.36. The van der Waals surface area contributed by atoms with E-state index in [1.807, 2.05) is 61.5 Å². The number of hydrogen-bond acceptors (Lipinski definition) is 5. The lowest BCUT2D eigenvalue weighted by Crippen LogP contribution is -2.54. The molecule has 7 nitrogen and oxygen atoms in total. The summed E-state index contributed by atoms with van der Waals surface area (Å²) in [4.78, 5) is 39.4. The average Bonchev–Trinajstić information content (AvgIpc) is 2.95. The Balaban J connectivity index is 1.29. The Labute approximate surface area is 240 Å². The maximum Gasteiger partial charge on any atom is 0.335 e. The van der Waals surface area contributed by atoms with Gasteiger partial charge in [0.2, 0.25) is 0 Å². The second-order valence-corrected chi connectivity index (χ2v) is 10.0.